The number of unbranched alkanes of at least 4 members (excludes halogenated alkanes) is 1. The van der Waals surface area contributed by atoms with E-state index < -0.39 is 17.4 Å². The van der Waals surface area contributed by atoms with Gasteiger partial charge in [-0.3, -0.25) is 0 Å². The third kappa shape index (κ3) is 18.0. The van der Waals surface area contributed by atoms with Gasteiger partial charge in [0.05, 0.1) is 38.6 Å². The fraction of sp³-hybridized carbons (Fsp3) is 0.591. The fourth-order valence-corrected chi connectivity index (χ4v) is 1.47. The normalized spacial score (nSPS) is 10.5. The highest BCUT2D eigenvalue weighted by molar-refractivity contribution is 5.94. The van der Waals surface area contributed by atoms with Crippen molar-refractivity contribution >= 4 is 17.9 Å². The summed E-state index contributed by atoms with van der Waals surface area (Å²) in [5.74, 6) is -2.00. The lowest BCUT2D eigenvalue weighted by Gasteiger charge is -2.24. The molecule has 31 heavy (non-hydrogen) atoms. The van der Waals surface area contributed by atoms with Gasteiger partial charge in [0, 0.05) is 17.1 Å². The van der Waals surface area contributed by atoms with Crippen LogP contribution >= 0.6 is 0 Å². The van der Waals surface area contributed by atoms with Crippen LogP contribution in [0.1, 0.15) is 47.0 Å². The smallest absolute Gasteiger partial charge is 0.337 e. The molecule has 0 fully saturated rings. The lowest BCUT2D eigenvalue weighted by atomic mass is 9.88. The third-order valence-electron chi connectivity index (χ3n) is 3.93. The third-order valence-corrected chi connectivity index (χ3v) is 3.93. The van der Waals surface area contributed by atoms with Crippen LogP contribution in [0.5, 0.6) is 0 Å². The van der Waals surface area contributed by atoms with Crippen LogP contribution in [0.3, 0.4) is 0 Å². The fourth-order valence-electron chi connectivity index (χ4n) is 1.47. The van der Waals surface area contributed by atoms with Gasteiger partial charge >= 0.3 is 17.9 Å². The number of carbonyl (C=O) groups is 3. The standard InChI is InChI=1S/C9H12O4.C7H12O2.C6H14O3/c1-4-13-9(12)7(3)5-6(2)8(10)11;1-3-5-6-9-7(8)4-2;1-2-6(3-7,4-8)5-9/h5H,3-4H2,1-2H3,(H,10,11);4H,2-3,5-6H2,1H3;7-9H,2-5H2,1H3. The molecule has 0 rings (SSSR count). The van der Waals surface area contributed by atoms with Crippen molar-refractivity contribution in [3.8, 4) is 0 Å². The molecule has 0 aliphatic carbocycles. The number of ether oxygens (including phenoxy) is 2. The van der Waals surface area contributed by atoms with Crippen LogP contribution in [0, 0.1) is 5.41 Å². The molecule has 0 saturated carbocycles. The minimum absolute atomic E-state index is 0.0433. The van der Waals surface area contributed by atoms with Crippen LogP contribution in [0.25, 0.3) is 0 Å². The maximum absolute atomic E-state index is 10.9. The summed E-state index contributed by atoms with van der Waals surface area (Å²) in [7, 11) is 0. The van der Waals surface area contributed by atoms with E-state index in [0.29, 0.717) is 13.0 Å². The molecule has 0 aromatic heterocycles. The highest BCUT2D eigenvalue weighted by Gasteiger charge is 2.24. The van der Waals surface area contributed by atoms with Crippen molar-refractivity contribution in [3.05, 3.63) is 36.5 Å². The summed E-state index contributed by atoms with van der Waals surface area (Å²) < 4.78 is 9.28. The minimum Gasteiger partial charge on any atom is -0.478 e. The Labute approximate surface area is 184 Å². The number of carboxylic acids is 1. The highest BCUT2D eigenvalue weighted by Crippen LogP contribution is 2.18. The molecule has 0 amide bonds. The average molecular weight is 447 g/mol. The number of esters is 2. The van der Waals surface area contributed by atoms with Gasteiger partial charge in [0.15, 0.2) is 0 Å². The zero-order valence-corrected chi connectivity index (χ0v) is 19.1. The van der Waals surface area contributed by atoms with E-state index in [9.17, 15) is 14.4 Å². The maximum atomic E-state index is 10.9. The van der Waals surface area contributed by atoms with E-state index in [1.54, 1.807) is 6.92 Å². The van der Waals surface area contributed by atoms with E-state index in [2.05, 4.69) is 22.6 Å². The van der Waals surface area contributed by atoms with Crippen molar-refractivity contribution in [2.45, 2.75) is 47.0 Å². The van der Waals surface area contributed by atoms with Crippen molar-refractivity contribution in [1.29, 1.82) is 0 Å². The zero-order valence-electron chi connectivity index (χ0n) is 19.1. The highest BCUT2D eigenvalue weighted by atomic mass is 16.5. The average Bonchev–Trinajstić information content (AvgIpc) is 2.76. The van der Waals surface area contributed by atoms with Gasteiger partial charge in [-0.05, 0) is 32.8 Å². The van der Waals surface area contributed by atoms with Crippen molar-refractivity contribution in [2.75, 3.05) is 33.0 Å². The van der Waals surface area contributed by atoms with Gasteiger partial charge in [0.1, 0.15) is 0 Å². The number of carboxylic acid groups (broad SMARTS) is 1. The van der Waals surface area contributed by atoms with Gasteiger partial charge in [0.2, 0.25) is 0 Å². The van der Waals surface area contributed by atoms with Gasteiger partial charge < -0.3 is 29.9 Å². The Kier molecular flexibility index (Phi) is 22.2. The van der Waals surface area contributed by atoms with E-state index >= 15 is 0 Å². The molecule has 0 radical (unpaired) electrons. The molecule has 9 heteroatoms. The Bertz CT molecular complexity index is 558. The molecule has 0 aliphatic rings. The largest absolute Gasteiger partial charge is 0.478 e. The van der Waals surface area contributed by atoms with E-state index in [0.717, 1.165) is 12.8 Å². The predicted molar refractivity (Wildman–Crippen MR) is 117 cm³/mol. The quantitative estimate of drug-likeness (QED) is 0.153. The number of hydrogen-bond acceptors (Lipinski definition) is 8. The maximum Gasteiger partial charge on any atom is 0.337 e. The molecule has 0 aromatic carbocycles. The van der Waals surface area contributed by atoms with Crippen LogP contribution in [-0.4, -0.2) is 71.4 Å². The summed E-state index contributed by atoms with van der Waals surface area (Å²) in [4.78, 5) is 31.6. The first-order valence-electron chi connectivity index (χ1n) is 9.93. The molecule has 0 heterocycles. The number of aliphatic carboxylic acids is 1. The number of aliphatic hydroxyl groups excluding tert-OH is 3. The van der Waals surface area contributed by atoms with Crippen LogP contribution in [0.2, 0.25) is 0 Å². The molecule has 4 N–H and O–H groups in total. The van der Waals surface area contributed by atoms with Gasteiger partial charge in [-0.1, -0.05) is 33.4 Å². The number of hydrogen-bond donors (Lipinski definition) is 4. The Hall–Kier alpha value is -2.49. The predicted octanol–water partition coefficient (Wildman–Crippen LogP) is 2.01. The van der Waals surface area contributed by atoms with Crippen LogP contribution in [0.4, 0.5) is 0 Å². The lowest BCUT2D eigenvalue weighted by Crippen LogP contribution is -2.32. The molecule has 0 atom stereocenters. The summed E-state index contributed by atoms with van der Waals surface area (Å²) in [5, 5.41) is 34.5. The Morgan fingerprint density at radius 3 is 1.81 bits per heavy atom. The first kappa shape index (κ1) is 33.2. The molecule has 0 unspecified atom stereocenters. The van der Waals surface area contributed by atoms with Gasteiger partial charge in [-0.15, -0.1) is 0 Å². The van der Waals surface area contributed by atoms with Crippen LogP contribution in [0.15, 0.2) is 36.5 Å². The first-order chi connectivity index (χ1) is 14.5. The van der Waals surface area contributed by atoms with E-state index in [1.807, 2.05) is 13.8 Å². The molecule has 180 valence electrons. The SMILES string of the molecule is C=C(C=C(C)C(=O)O)C(=O)OCC.C=CC(=O)OCCCC.CCC(CO)(CO)CO. The minimum atomic E-state index is -1.08. The molecule has 0 aromatic rings. The summed E-state index contributed by atoms with van der Waals surface area (Å²) in [6.07, 6.45) is 4.93. The molecule has 0 spiro atoms. The second-order valence-corrected chi connectivity index (χ2v) is 6.43. The van der Waals surface area contributed by atoms with Gasteiger partial charge in [0.25, 0.3) is 0 Å². The molecule has 0 bridgehead atoms. The lowest BCUT2D eigenvalue weighted by molar-refractivity contribution is -0.138. The van der Waals surface area contributed by atoms with E-state index in [4.69, 9.17) is 20.4 Å². The monoisotopic (exact) mass is 446 g/mol. The number of carbonyl (C=O) groups excluding carboxylic acids is 2. The molecular formula is C22H38O9. The van der Waals surface area contributed by atoms with Crippen molar-refractivity contribution in [2.24, 2.45) is 5.41 Å². The van der Waals surface area contributed by atoms with E-state index in [-0.39, 0.29) is 43.5 Å². The summed E-state index contributed by atoms with van der Waals surface area (Å²) in [5.41, 5.74) is -0.570. The van der Waals surface area contributed by atoms with E-state index in [1.165, 1.54) is 19.1 Å². The number of rotatable bonds is 12. The van der Waals surface area contributed by atoms with Gasteiger partial charge in [-0.25, -0.2) is 14.4 Å². The number of aliphatic hydroxyl groups is 3. The van der Waals surface area contributed by atoms with Crippen LogP contribution < -0.4 is 0 Å². The summed E-state index contributed by atoms with van der Waals surface area (Å²) in [6.45, 7) is 13.9. The van der Waals surface area contributed by atoms with Crippen LogP contribution in [-0.2, 0) is 23.9 Å². The Morgan fingerprint density at radius 1 is 1.00 bits per heavy atom. The second-order valence-electron chi connectivity index (χ2n) is 6.43. The zero-order chi connectivity index (χ0) is 24.9. The molecule has 0 saturated heterocycles. The molecule has 9 nitrogen and oxygen atoms in total. The van der Waals surface area contributed by atoms with Crippen molar-refractivity contribution in [1.82, 2.24) is 0 Å². The van der Waals surface area contributed by atoms with Crippen molar-refractivity contribution < 1.29 is 44.3 Å². The first-order valence-corrected chi connectivity index (χ1v) is 9.93. The summed E-state index contributed by atoms with van der Waals surface area (Å²) in [6, 6.07) is 0. The molecular weight excluding hydrogens is 408 g/mol. The topological polar surface area (TPSA) is 151 Å². The van der Waals surface area contributed by atoms with Crippen molar-refractivity contribution in [3.63, 3.8) is 0 Å². The Balaban J connectivity index is -0.000000390. The molecule has 0 aliphatic heterocycles. The summed E-state index contributed by atoms with van der Waals surface area (Å²) >= 11 is 0. The van der Waals surface area contributed by atoms with Gasteiger partial charge in [-0.2, -0.15) is 0 Å². The Morgan fingerprint density at radius 2 is 1.52 bits per heavy atom. The second kappa shape index (κ2) is 20.8.